The molecule has 0 aliphatic carbocycles. The molecule has 0 atom stereocenters. The van der Waals surface area contributed by atoms with Crippen molar-refractivity contribution in [2.45, 2.75) is 0 Å². The number of anilines is 1. The Hall–Kier alpha value is -0.510. The lowest BCUT2D eigenvalue weighted by molar-refractivity contribution is 0.184. The maximum absolute atomic E-state index is 5.74. The van der Waals surface area contributed by atoms with Crippen molar-refractivity contribution in [1.29, 1.82) is 0 Å². The zero-order valence-electron chi connectivity index (χ0n) is 6.71. The minimum Gasteiger partial charge on any atom is -0.277 e. The Bertz CT molecular complexity index is 280. The molecule has 12 heavy (non-hydrogen) atoms. The van der Waals surface area contributed by atoms with Crippen LogP contribution >= 0.6 is 23.2 Å². The van der Waals surface area contributed by atoms with Crippen molar-refractivity contribution in [2.24, 2.45) is 0 Å². The Labute approximate surface area is 80.8 Å². The summed E-state index contributed by atoms with van der Waals surface area (Å²) in [5.74, 6) is 0. The first-order valence-electron chi connectivity index (χ1n) is 3.24. The molecule has 1 aromatic heterocycles. The molecule has 0 fully saturated rings. The number of rotatable bonds is 2. The highest BCUT2D eigenvalue weighted by molar-refractivity contribution is 6.41. The third kappa shape index (κ3) is 2.00. The molecule has 5 heteroatoms. The Morgan fingerprint density at radius 1 is 1.50 bits per heavy atom. The van der Waals surface area contributed by atoms with Crippen LogP contribution in [0.5, 0.6) is 0 Å². The third-order valence-electron chi connectivity index (χ3n) is 1.42. The van der Waals surface area contributed by atoms with E-state index in [1.54, 1.807) is 26.4 Å². The summed E-state index contributed by atoms with van der Waals surface area (Å²) in [4.78, 5) is 8.78. The Morgan fingerprint density at radius 3 is 2.67 bits per heavy atom. The maximum atomic E-state index is 5.74. The molecule has 1 aromatic rings. The summed E-state index contributed by atoms with van der Waals surface area (Å²) < 4.78 is 0. The van der Waals surface area contributed by atoms with Crippen molar-refractivity contribution < 1.29 is 4.84 Å². The summed E-state index contributed by atoms with van der Waals surface area (Å²) in [5.41, 5.74) is 0.756. The predicted octanol–water partition coefficient (Wildman–Crippen LogP) is 2.39. The molecule has 0 unspecified atom stereocenters. The zero-order chi connectivity index (χ0) is 9.14. The van der Waals surface area contributed by atoms with Gasteiger partial charge >= 0.3 is 0 Å². The van der Waals surface area contributed by atoms with Crippen LogP contribution in [0.4, 0.5) is 5.69 Å². The van der Waals surface area contributed by atoms with E-state index in [9.17, 15) is 0 Å². The number of nitrogens with zero attached hydrogens (tertiary/aromatic N) is 2. The molecule has 0 aromatic carbocycles. The lowest BCUT2D eigenvalue weighted by atomic mass is 10.4. The first-order valence-corrected chi connectivity index (χ1v) is 3.99. The van der Waals surface area contributed by atoms with Gasteiger partial charge in [-0.2, -0.15) is 0 Å². The summed E-state index contributed by atoms with van der Waals surface area (Å²) in [6.45, 7) is 0. The number of halogens is 2. The van der Waals surface area contributed by atoms with Crippen LogP contribution in [0.3, 0.4) is 0 Å². The van der Waals surface area contributed by atoms with Gasteiger partial charge in [0.25, 0.3) is 0 Å². The number of hydrogen-bond donors (Lipinski definition) is 0. The Morgan fingerprint density at radius 2 is 2.17 bits per heavy atom. The molecular weight excluding hydrogens is 199 g/mol. The third-order valence-corrected chi connectivity index (χ3v) is 2.11. The lowest BCUT2D eigenvalue weighted by Crippen LogP contribution is -2.14. The molecule has 0 radical (unpaired) electrons. The van der Waals surface area contributed by atoms with E-state index in [0.29, 0.717) is 10.2 Å². The fourth-order valence-electron chi connectivity index (χ4n) is 0.689. The SMILES string of the molecule is CON(C)c1cnc(Cl)c(Cl)c1. The highest BCUT2D eigenvalue weighted by atomic mass is 35.5. The number of hydroxylamine groups is 1. The minimum absolute atomic E-state index is 0.296. The monoisotopic (exact) mass is 206 g/mol. The summed E-state index contributed by atoms with van der Waals surface area (Å²) in [6, 6.07) is 1.68. The van der Waals surface area contributed by atoms with Gasteiger partial charge in [0, 0.05) is 7.05 Å². The van der Waals surface area contributed by atoms with Crippen molar-refractivity contribution in [1.82, 2.24) is 4.98 Å². The molecule has 3 nitrogen and oxygen atoms in total. The van der Waals surface area contributed by atoms with Crippen LogP contribution in [0.2, 0.25) is 10.2 Å². The van der Waals surface area contributed by atoms with E-state index < -0.39 is 0 Å². The van der Waals surface area contributed by atoms with Gasteiger partial charge in [-0.05, 0) is 6.07 Å². The van der Waals surface area contributed by atoms with Gasteiger partial charge in [0.2, 0.25) is 0 Å². The van der Waals surface area contributed by atoms with Crippen molar-refractivity contribution in [3.63, 3.8) is 0 Å². The van der Waals surface area contributed by atoms with Gasteiger partial charge in [0.15, 0.2) is 0 Å². The lowest BCUT2D eigenvalue weighted by Gasteiger charge is -2.15. The van der Waals surface area contributed by atoms with E-state index in [2.05, 4.69) is 4.98 Å². The van der Waals surface area contributed by atoms with Crippen LogP contribution in [0, 0.1) is 0 Å². The molecule has 0 spiro atoms. The van der Waals surface area contributed by atoms with Crippen molar-refractivity contribution in [3.05, 3.63) is 22.4 Å². The fraction of sp³-hybridized carbons (Fsp3) is 0.286. The molecule has 1 heterocycles. The van der Waals surface area contributed by atoms with E-state index in [1.807, 2.05) is 0 Å². The molecule has 66 valence electrons. The van der Waals surface area contributed by atoms with Crippen LogP contribution in [-0.4, -0.2) is 19.1 Å². The molecule has 0 aliphatic rings. The summed E-state index contributed by atoms with van der Waals surface area (Å²) >= 11 is 11.4. The van der Waals surface area contributed by atoms with E-state index in [1.165, 1.54) is 5.06 Å². The highest BCUT2D eigenvalue weighted by Crippen LogP contribution is 2.23. The fourth-order valence-corrected chi connectivity index (χ4v) is 0.953. The Kier molecular flexibility index (Phi) is 3.14. The molecule has 0 amide bonds. The van der Waals surface area contributed by atoms with Crippen molar-refractivity contribution in [3.8, 4) is 0 Å². The van der Waals surface area contributed by atoms with Crippen molar-refractivity contribution in [2.75, 3.05) is 19.2 Å². The summed E-state index contributed by atoms with van der Waals surface area (Å²) in [6.07, 6.45) is 1.58. The van der Waals surface area contributed by atoms with Gasteiger partial charge in [-0.3, -0.25) is 9.90 Å². The number of pyridine rings is 1. The van der Waals surface area contributed by atoms with Gasteiger partial charge in [0.1, 0.15) is 5.15 Å². The van der Waals surface area contributed by atoms with E-state index in [4.69, 9.17) is 28.0 Å². The van der Waals surface area contributed by atoms with Gasteiger partial charge in [0.05, 0.1) is 24.0 Å². The predicted molar refractivity (Wildman–Crippen MR) is 49.7 cm³/mol. The van der Waals surface area contributed by atoms with Crippen LogP contribution in [0.25, 0.3) is 0 Å². The zero-order valence-corrected chi connectivity index (χ0v) is 8.23. The summed E-state index contributed by atoms with van der Waals surface area (Å²) in [5, 5.41) is 2.25. The molecule has 1 rings (SSSR count). The topological polar surface area (TPSA) is 25.4 Å². The van der Waals surface area contributed by atoms with Crippen LogP contribution in [0.15, 0.2) is 12.3 Å². The second-order valence-corrected chi connectivity index (χ2v) is 2.91. The number of aromatic nitrogens is 1. The molecule has 0 saturated carbocycles. The number of hydrogen-bond acceptors (Lipinski definition) is 3. The largest absolute Gasteiger partial charge is 0.277 e. The maximum Gasteiger partial charge on any atom is 0.147 e. The van der Waals surface area contributed by atoms with Crippen molar-refractivity contribution >= 4 is 28.9 Å². The van der Waals surface area contributed by atoms with Crippen LogP contribution in [-0.2, 0) is 4.84 Å². The average molecular weight is 207 g/mol. The first kappa shape index (κ1) is 9.58. The normalized spacial score (nSPS) is 10.0. The quantitative estimate of drug-likeness (QED) is 0.549. The van der Waals surface area contributed by atoms with Gasteiger partial charge in [-0.1, -0.05) is 23.2 Å². The second kappa shape index (κ2) is 3.94. The molecule has 0 aliphatic heterocycles. The van der Waals surface area contributed by atoms with Gasteiger partial charge in [-0.15, -0.1) is 0 Å². The molecule has 0 N–H and O–H groups in total. The molecular formula is C7H8Cl2N2O. The van der Waals surface area contributed by atoms with E-state index in [-0.39, 0.29) is 0 Å². The van der Waals surface area contributed by atoms with Crippen LogP contribution < -0.4 is 5.06 Å². The highest BCUT2D eigenvalue weighted by Gasteiger charge is 2.03. The smallest absolute Gasteiger partial charge is 0.147 e. The minimum atomic E-state index is 0.296. The molecule has 0 bridgehead atoms. The van der Waals surface area contributed by atoms with E-state index >= 15 is 0 Å². The molecule has 0 saturated heterocycles. The first-order chi connectivity index (χ1) is 5.65. The van der Waals surface area contributed by atoms with Gasteiger partial charge in [-0.25, -0.2) is 4.98 Å². The second-order valence-electron chi connectivity index (χ2n) is 2.15. The average Bonchev–Trinajstić information content (AvgIpc) is 2.08. The standard InChI is InChI=1S/C7H8Cl2N2O/c1-11(12-2)5-3-6(8)7(9)10-4-5/h3-4H,1-2H3. The van der Waals surface area contributed by atoms with E-state index in [0.717, 1.165) is 5.69 Å². The Balaban J connectivity index is 2.96. The van der Waals surface area contributed by atoms with Crippen LogP contribution in [0.1, 0.15) is 0 Å². The summed E-state index contributed by atoms with van der Waals surface area (Å²) in [7, 11) is 3.31. The van der Waals surface area contributed by atoms with Gasteiger partial charge < -0.3 is 0 Å².